The number of allylic oxidation sites excluding steroid dienone is 1. The van der Waals surface area contributed by atoms with Crippen LogP contribution in [0.15, 0.2) is 12.3 Å². The molecule has 0 aromatic heterocycles. The second kappa shape index (κ2) is 6.10. The molecule has 0 rings (SSSR count). The van der Waals surface area contributed by atoms with E-state index in [9.17, 15) is 0 Å². The van der Waals surface area contributed by atoms with Gasteiger partial charge >= 0.3 is 0 Å². The molecular weight excluding hydrogens is 170 g/mol. The maximum Gasteiger partial charge on any atom is 0.0146 e. The summed E-state index contributed by atoms with van der Waals surface area (Å²) in [5, 5.41) is 3.41. The molecule has 0 bridgehead atoms. The molecule has 0 saturated heterocycles. The molecule has 84 valence electrons. The van der Waals surface area contributed by atoms with Gasteiger partial charge in [0.2, 0.25) is 0 Å². The average Bonchev–Trinajstić information content (AvgIpc) is 2.00. The summed E-state index contributed by atoms with van der Waals surface area (Å²) in [6.45, 7) is 16.4. The molecule has 0 saturated carbocycles. The lowest BCUT2D eigenvalue weighted by Crippen LogP contribution is -2.20. The third-order valence-corrected chi connectivity index (χ3v) is 2.45. The van der Waals surface area contributed by atoms with E-state index in [0.29, 0.717) is 5.41 Å². The lowest BCUT2D eigenvalue weighted by molar-refractivity contribution is 0.395. The minimum Gasteiger partial charge on any atom is -0.389 e. The first-order valence-electron chi connectivity index (χ1n) is 5.77. The Hall–Kier alpha value is -0.460. The standard InChI is InChI=1S/C13H27N/c1-7-11(2)8-9-14-12(3)10-13(4,5)6/h11,14H,3,7-10H2,1-2,4-6H3. The van der Waals surface area contributed by atoms with Crippen LogP contribution in [0.2, 0.25) is 0 Å². The highest BCUT2D eigenvalue weighted by molar-refractivity contribution is 4.94. The zero-order valence-corrected chi connectivity index (χ0v) is 10.6. The van der Waals surface area contributed by atoms with Gasteiger partial charge in [0.1, 0.15) is 0 Å². The van der Waals surface area contributed by atoms with Gasteiger partial charge in [-0.2, -0.15) is 0 Å². The van der Waals surface area contributed by atoms with Crippen molar-refractivity contribution in [1.29, 1.82) is 0 Å². The normalized spacial score (nSPS) is 13.8. The van der Waals surface area contributed by atoms with Crippen molar-refractivity contribution in [2.45, 2.75) is 53.9 Å². The largest absolute Gasteiger partial charge is 0.389 e. The van der Waals surface area contributed by atoms with Crippen LogP contribution in [0, 0.1) is 11.3 Å². The number of rotatable bonds is 6. The van der Waals surface area contributed by atoms with E-state index in [0.717, 1.165) is 18.9 Å². The fourth-order valence-electron chi connectivity index (χ4n) is 1.40. The molecule has 0 aliphatic carbocycles. The first-order chi connectivity index (χ1) is 6.35. The summed E-state index contributed by atoms with van der Waals surface area (Å²) in [4.78, 5) is 0. The van der Waals surface area contributed by atoms with Gasteiger partial charge in [0, 0.05) is 12.2 Å². The average molecular weight is 197 g/mol. The van der Waals surface area contributed by atoms with Crippen LogP contribution in [0.4, 0.5) is 0 Å². The maximum absolute atomic E-state index is 4.05. The molecule has 0 aliphatic heterocycles. The monoisotopic (exact) mass is 197 g/mol. The summed E-state index contributed by atoms with van der Waals surface area (Å²) in [6.07, 6.45) is 3.58. The highest BCUT2D eigenvalue weighted by Crippen LogP contribution is 2.21. The smallest absolute Gasteiger partial charge is 0.0146 e. The molecule has 0 amide bonds. The summed E-state index contributed by atoms with van der Waals surface area (Å²) < 4.78 is 0. The van der Waals surface area contributed by atoms with Crippen LogP contribution in [-0.4, -0.2) is 6.54 Å². The fraction of sp³-hybridized carbons (Fsp3) is 0.846. The molecule has 1 unspecified atom stereocenters. The molecule has 0 heterocycles. The second-order valence-electron chi connectivity index (χ2n) is 5.57. The first kappa shape index (κ1) is 13.5. The van der Waals surface area contributed by atoms with Crippen LogP contribution in [-0.2, 0) is 0 Å². The third-order valence-electron chi connectivity index (χ3n) is 2.45. The van der Waals surface area contributed by atoms with E-state index in [2.05, 4.69) is 46.5 Å². The van der Waals surface area contributed by atoms with Gasteiger partial charge in [-0.25, -0.2) is 0 Å². The van der Waals surface area contributed by atoms with Crippen molar-refractivity contribution < 1.29 is 0 Å². The number of hydrogen-bond acceptors (Lipinski definition) is 1. The Labute approximate surface area is 90.0 Å². The van der Waals surface area contributed by atoms with Gasteiger partial charge < -0.3 is 5.32 Å². The zero-order valence-electron chi connectivity index (χ0n) is 10.6. The Balaban J connectivity index is 3.55. The molecule has 1 atom stereocenters. The van der Waals surface area contributed by atoms with E-state index in [-0.39, 0.29) is 0 Å². The van der Waals surface area contributed by atoms with E-state index in [1.165, 1.54) is 18.5 Å². The minimum atomic E-state index is 0.348. The molecule has 14 heavy (non-hydrogen) atoms. The van der Waals surface area contributed by atoms with Gasteiger partial charge in [0.05, 0.1) is 0 Å². The minimum absolute atomic E-state index is 0.348. The van der Waals surface area contributed by atoms with Crippen LogP contribution in [0.3, 0.4) is 0 Å². The van der Waals surface area contributed by atoms with E-state index < -0.39 is 0 Å². The Morgan fingerprint density at radius 3 is 2.36 bits per heavy atom. The van der Waals surface area contributed by atoms with Crippen molar-refractivity contribution >= 4 is 0 Å². The lowest BCUT2D eigenvalue weighted by atomic mass is 9.91. The summed E-state index contributed by atoms with van der Waals surface area (Å²) in [5.41, 5.74) is 1.53. The van der Waals surface area contributed by atoms with Gasteiger partial charge in [-0.3, -0.25) is 0 Å². The molecule has 0 aromatic carbocycles. The molecule has 0 aromatic rings. The quantitative estimate of drug-likeness (QED) is 0.679. The van der Waals surface area contributed by atoms with E-state index in [4.69, 9.17) is 0 Å². The lowest BCUT2D eigenvalue weighted by Gasteiger charge is -2.21. The Morgan fingerprint density at radius 1 is 1.36 bits per heavy atom. The van der Waals surface area contributed by atoms with Crippen LogP contribution >= 0.6 is 0 Å². The van der Waals surface area contributed by atoms with Gasteiger partial charge in [0.25, 0.3) is 0 Å². The summed E-state index contributed by atoms with van der Waals surface area (Å²) in [5.74, 6) is 0.824. The van der Waals surface area contributed by atoms with Crippen molar-refractivity contribution in [3.63, 3.8) is 0 Å². The van der Waals surface area contributed by atoms with Gasteiger partial charge in [0.15, 0.2) is 0 Å². The number of hydrogen-bond donors (Lipinski definition) is 1. The third kappa shape index (κ3) is 8.15. The molecule has 1 heteroatoms. The molecule has 0 aliphatic rings. The summed E-state index contributed by atoms with van der Waals surface area (Å²) >= 11 is 0. The Morgan fingerprint density at radius 2 is 1.93 bits per heavy atom. The van der Waals surface area contributed by atoms with E-state index in [1.54, 1.807) is 0 Å². The SMILES string of the molecule is C=C(CC(C)(C)C)NCCC(C)CC. The van der Waals surface area contributed by atoms with Crippen molar-refractivity contribution in [2.75, 3.05) is 6.54 Å². The highest BCUT2D eigenvalue weighted by atomic mass is 14.9. The highest BCUT2D eigenvalue weighted by Gasteiger charge is 2.11. The van der Waals surface area contributed by atoms with Crippen molar-refractivity contribution in [2.24, 2.45) is 11.3 Å². The zero-order chi connectivity index (χ0) is 11.2. The second-order valence-corrected chi connectivity index (χ2v) is 5.57. The topological polar surface area (TPSA) is 12.0 Å². The molecule has 1 N–H and O–H groups in total. The molecular formula is C13H27N. The molecule has 0 spiro atoms. The van der Waals surface area contributed by atoms with Crippen molar-refractivity contribution in [1.82, 2.24) is 5.32 Å². The maximum atomic E-state index is 4.05. The van der Waals surface area contributed by atoms with E-state index >= 15 is 0 Å². The first-order valence-corrected chi connectivity index (χ1v) is 5.77. The Kier molecular flexibility index (Phi) is 5.90. The summed E-state index contributed by atoms with van der Waals surface area (Å²) in [6, 6.07) is 0. The fourth-order valence-corrected chi connectivity index (χ4v) is 1.40. The van der Waals surface area contributed by atoms with Crippen LogP contribution in [0.1, 0.15) is 53.9 Å². The van der Waals surface area contributed by atoms with E-state index in [1.807, 2.05) is 0 Å². The van der Waals surface area contributed by atoms with Crippen molar-refractivity contribution in [3.05, 3.63) is 12.3 Å². The van der Waals surface area contributed by atoms with Gasteiger partial charge in [-0.15, -0.1) is 0 Å². The number of nitrogens with one attached hydrogen (secondary N) is 1. The summed E-state index contributed by atoms with van der Waals surface area (Å²) in [7, 11) is 0. The predicted molar refractivity (Wildman–Crippen MR) is 65.3 cm³/mol. The van der Waals surface area contributed by atoms with Gasteiger partial charge in [-0.05, 0) is 24.2 Å². The molecule has 0 radical (unpaired) electrons. The van der Waals surface area contributed by atoms with Crippen LogP contribution in [0.25, 0.3) is 0 Å². The van der Waals surface area contributed by atoms with Crippen LogP contribution < -0.4 is 5.32 Å². The Bertz CT molecular complexity index is 165. The van der Waals surface area contributed by atoms with Crippen LogP contribution in [0.5, 0.6) is 0 Å². The van der Waals surface area contributed by atoms with Crippen molar-refractivity contribution in [3.8, 4) is 0 Å². The molecule has 0 fully saturated rings. The van der Waals surface area contributed by atoms with Gasteiger partial charge in [-0.1, -0.05) is 47.6 Å². The molecule has 1 nitrogen and oxygen atoms in total. The predicted octanol–water partition coefficient (Wildman–Crippen LogP) is 3.96.